The summed E-state index contributed by atoms with van der Waals surface area (Å²) in [6, 6.07) is 6.32. The van der Waals surface area contributed by atoms with Crippen LogP contribution < -0.4 is 10.6 Å². The molecule has 1 aliphatic rings. The first-order chi connectivity index (χ1) is 7.63. The van der Waals surface area contributed by atoms with Gasteiger partial charge in [-0.15, -0.1) is 0 Å². The summed E-state index contributed by atoms with van der Waals surface area (Å²) in [5, 5.41) is 11.8. The van der Waals surface area contributed by atoms with Crippen LogP contribution in [0.1, 0.15) is 18.4 Å². The van der Waals surface area contributed by atoms with Crippen molar-refractivity contribution in [3.05, 3.63) is 28.2 Å². The number of nitrogens with zero attached hydrogens (tertiary/aromatic N) is 2. The van der Waals surface area contributed by atoms with Gasteiger partial charge in [0.15, 0.2) is 5.84 Å². The maximum absolute atomic E-state index is 8.75. The molecule has 0 heterocycles. The Bertz CT molecular complexity index is 429. The van der Waals surface area contributed by atoms with E-state index < -0.39 is 0 Å². The van der Waals surface area contributed by atoms with Crippen molar-refractivity contribution in [3.63, 3.8) is 0 Å². The van der Waals surface area contributed by atoms with Crippen LogP contribution in [0, 0.1) is 0 Å². The van der Waals surface area contributed by atoms with E-state index in [4.69, 9.17) is 10.9 Å². The predicted molar refractivity (Wildman–Crippen MR) is 68.1 cm³/mol. The van der Waals surface area contributed by atoms with Gasteiger partial charge in [-0.05, 0) is 31.0 Å². The molecule has 0 unspecified atom stereocenters. The third-order valence-corrected chi connectivity index (χ3v) is 3.31. The molecule has 2 rings (SSSR count). The highest BCUT2D eigenvalue weighted by Crippen LogP contribution is 2.33. The van der Waals surface area contributed by atoms with Crippen LogP contribution in [0.5, 0.6) is 0 Å². The molecular weight excluding hydrogens is 270 g/mol. The number of anilines is 1. The van der Waals surface area contributed by atoms with Gasteiger partial charge in [0.2, 0.25) is 0 Å². The Hall–Kier alpha value is -1.23. The minimum atomic E-state index is 0.148. The van der Waals surface area contributed by atoms with Crippen molar-refractivity contribution in [2.24, 2.45) is 10.9 Å². The summed E-state index contributed by atoms with van der Waals surface area (Å²) in [7, 11) is 2.04. The number of hydrogen-bond donors (Lipinski definition) is 2. The molecule has 1 saturated carbocycles. The van der Waals surface area contributed by atoms with Crippen molar-refractivity contribution in [3.8, 4) is 0 Å². The summed E-state index contributed by atoms with van der Waals surface area (Å²) in [5.74, 6) is 0.148. The van der Waals surface area contributed by atoms with E-state index in [2.05, 4.69) is 26.0 Å². The molecule has 3 N–H and O–H groups in total. The molecule has 0 aromatic heterocycles. The number of benzene rings is 1. The van der Waals surface area contributed by atoms with Gasteiger partial charge in [0, 0.05) is 28.8 Å². The minimum absolute atomic E-state index is 0.148. The lowest BCUT2D eigenvalue weighted by atomic mass is 10.1. The fraction of sp³-hybridized carbons (Fsp3) is 0.364. The predicted octanol–water partition coefficient (Wildman–Crippen LogP) is 2.14. The largest absolute Gasteiger partial charge is 0.409 e. The lowest BCUT2D eigenvalue weighted by Crippen LogP contribution is -2.24. The molecule has 0 amide bonds. The zero-order valence-corrected chi connectivity index (χ0v) is 10.6. The van der Waals surface area contributed by atoms with Crippen molar-refractivity contribution in [2.75, 3.05) is 11.9 Å². The van der Waals surface area contributed by atoms with Crippen LogP contribution in [-0.4, -0.2) is 24.1 Å². The number of oxime groups is 1. The summed E-state index contributed by atoms with van der Waals surface area (Å²) in [6.07, 6.45) is 2.41. The Morgan fingerprint density at radius 1 is 1.56 bits per heavy atom. The molecule has 0 atom stereocenters. The second-order valence-corrected chi connectivity index (χ2v) is 4.90. The third kappa shape index (κ3) is 2.14. The van der Waals surface area contributed by atoms with Gasteiger partial charge in [-0.2, -0.15) is 0 Å². The Kier molecular flexibility index (Phi) is 3.05. The summed E-state index contributed by atoms with van der Waals surface area (Å²) in [6.45, 7) is 0. The van der Waals surface area contributed by atoms with Gasteiger partial charge < -0.3 is 15.8 Å². The van der Waals surface area contributed by atoms with Crippen LogP contribution in [0.3, 0.4) is 0 Å². The summed E-state index contributed by atoms with van der Waals surface area (Å²) in [5.41, 5.74) is 7.42. The molecule has 0 saturated heterocycles. The van der Waals surface area contributed by atoms with Crippen molar-refractivity contribution in [2.45, 2.75) is 18.9 Å². The van der Waals surface area contributed by atoms with Crippen molar-refractivity contribution >= 4 is 27.5 Å². The molecular formula is C11H14BrN3O. The SMILES string of the molecule is CN(c1cc(Br)ccc1/C(N)=N/O)C1CC1. The minimum Gasteiger partial charge on any atom is -0.409 e. The molecule has 0 aliphatic heterocycles. The Labute approximate surface area is 103 Å². The van der Waals surface area contributed by atoms with Crippen LogP contribution in [0.2, 0.25) is 0 Å². The van der Waals surface area contributed by atoms with Gasteiger partial charge in [0.25, 0.3) is 0 Å². The number of amidine groups is 1. The van der Waals surface area contributed by atoms with Crippen LogP contribution >= 0.6 is 15.9 Å². The standard InChI is InChI=1S/C11H14BrN3O/c1-15(8-3-4-8)10-6-7(12)2-5-9(10)11(13)14-16/h2,5-6,8,16H,3-4H2,1H3,(H2,13,14). The lowest BCUT2D eigenvalue weighted by molar-refractivity contribution is 0.318. The zero-order chi connectivity index (χ0) is 11.7. The van der Waals surface area contributed by atoms with Gasteiger partial charge in [-0.3, -0.25) is 0 Å². The van der Waals surface area contributed by atoms with E-state index in [9.17, 15) is 0 Å². The highest BCUT2D eigenvalue weighted by atomic mass is 79.9. The van der Waals surface area contributed by atoms with Gasteiger partial charge in [-0.25, -0.2) is 0 Å². The van der Waals surface area contributed by atoms with Gasteiger partial charge in [0.1, 0.15) is 0 Å². The topological polar surface area (TPSA) is 61.8 Å². The van der Waals surface area contributed by atoms with Crippen molar-refractivity contribution in [1.29, 1.82) is 0 Å². The highest BCUT2D eigenvalue weighted by Gasteiger charge is 2.28. The number of halogens is 1. The molecule has 86 valence electrons. The molecule has 16 heavy (non-hydrogen) atoms. The Morgan fingerprint density at radius 2 is 2.25 bits per heavy atom. The zero-order valence-electron chi connectivity index (χ0n) is 9.02. The number of rotatable bonds is 3. The van der Waals surface area contributed by atoms with Crippen LogP contribution in [0.25, 0.3) is 0 Å². The van der Waals surface area contributed by atoms with Crippen molar-refractivity contribution in [1.82, 2.24) is 0 Å². The Balaban J connectivity index is 2.43. The first-order valence-corrected chi connectivity index (χ1v) is 5.93. The van der Waals surface area contributed by atoms with E-state index in [-0.39, 0.29) is 5.84 Å². The van der Waals surface area contributed by atoms with Crippen LogP contribution in [0.15, 0.2) is 27.8 Å². The quantitative estimate of drug-likeness (QED) is 0.387. The molecule has 0 spiro atoms. The maximum Gasteiger partial charge on any atom is 0.172 e. The van der Waals surface area contributed by atoms with Gasteiger partial charge >= 0.3 is 0 Å². The molecule has 1 fully saturated rings. The molecule has 0 radical (unpaired) electrons. The normalized spacial score (nSPS) is 16.2. The first kappa shape index (κ1) is 11.3. The maximum atomic E-state index is 8.75. The lowest BCUT2D eigenvalue weighted by Gasteiger charge is -2.22. The van der Waals surface area contributed by atoms with Crippen molar-refractivity contribution < 1.29 is 5.21 Å². The van der Waals surface area contributed by atoms with Crippen LogP contribution in [-0.2, 0) is 0 Å². The van der Waals surface area contributed by atoms with E-state index in [1.165, 1.54) is 12.8 Å². The molecule has 1 aromatic rings. The molecule has 4 nitrogen and oxygen atoms in total. The average Bonchev–Trinajstić information content (AvgIpc) is 3.11. The summed E-state index contributed by atoms with van der Waals surface area (Å²) >= 11 is 3.44. The summed E-state index contributed by atoms with van der Waals surface area (Å²) < 4.78 is 0.990. The van der Waals surface area contributed by atoms with Gasteiger partial charge in [-0.1, -0.05) is 21.1 Å². The average molecular weight is 284 g/mol. The fourth-order valence-electron chi connectivity index (χ4n) is 1.73. The van der Waals surface area contributed by atoms with E-state index in [1.807, 2.05) is 25.2 Å². The molecule has 0 bridgehead atoms. The third-order valence-electron chi connectivity index (χ3n) is 2.82. The Morgan fingerprint density at radius 3 is 2.81 bits per heavy atom. The molecule has 5 heteroatoms. The second kappa shape index (κ2) is 4.33. The van der Waals surface area contributed by atoms with E-state index >= 15 is 0 Å². The van der Waals surface area contributed by atoms with E-state index in [0.717, 1.165) is 15.7 Å². The monoisotopic (exact) mass is 283 g/mol. The molecule has 1 aliphatic carbocycles. The second-order valence-electron chi connectivity index (χ2n) is 3.99. The van der Waals surface area contributed by atoms with Crippen LogP contribution in [0.4, 0.5) is 5.69 Å². The van der Waals surface area contributed by atoms with Gasteiger partial charge in [0.05, 0.1) is 0 Å². The highest BCUT2D eigenvalue weighted by molar-refractivity contribution is 9.10. The first-order valence-electron chi connectivity index (χ1n) is 5.13. The number of hydrogen-bond acceptors (Lipinski definition) is 3. The van der Waals surface area contributed by atoms with E-state index in [0.29, 0.717) is 6.04 Å². The molecule has 1 aromatic carbocycles. The van der Waals surface area contributed by atoms with E-state index in [1.54, 1.807) is 0 Å². The summed E-state index contributed by atoms with van der Waals surface area (Å²) in [4.78, 5) is 2.18. The fourth-order valence-corrected chi connectivity index (χ4v) is 2.07. The number of nitrogens with two attached hydrogens (primary N) is 1. The smallest absolute Gasteiger partial charge is 0.172 e.